The van der Waals surface area contributed by atoms with Crippen molar-refractivity contribution in [3.63, 3.8) is 0 Å². The summed E-state index contributed by atoms with van der Waals surface area (Å²) in [5, 5.41) is 15.6. The number of unbranched alkanes of at least 4 members (excludes halogenated alkanes) is 1. The number of carbonyl (C=O) groups excluding carboxylic acids is 4. The van der Waals surface area contributed by atoms with Crippen molar-refractivity contribution < 1.29 is 24.3 Å². The number of imide groups is 1. The van der Waals surface area contributed by atoms with Gasteiger partial charge in [0.15, 0.2) is 0 Å². The van der Waals surface area contributed by atoms with E-state index in [0.717, 1.165) is 29.7 Å². The van der Waals surface area contributed by atoms with Crippen molar-refractivity contribution in [2.45, 2.75) is 71.1 Å². The van der Waals surface area contributed by atoms with E-state index in [-0.39, 0.29) is 18.8 Å². The van der Waals surface area contributed by atoms with Gasteiger partial charge in [-0.05, 0) is 24.8 Å². The first-order valence-electron chi connectivity index (χ1n) is 10.9. The molecule has 1 aliphatic heterocycles. The van der Waals surface area contributed by atoms with E-state index in [2.05, 4.69) is 10.6 Å². The van der Waals surface area contributed by atoms with Crippen LogP contribution in [0, 0.1) is 5.92 Å². The number of benzene rings is 1. The molecule has 2 rings (SSSR count). The van der Waals surface area contributed by atoms with Gasteiger partial charge in [0, 0.05) is 6.42 Å². The van der Waals surface area contributed by atoms with Crippen LogP contribution in [0.5, 0.6) is 0 Å². The third kappa shape index (κ3) is 6.89. The van der Waals surface area contributed by atoms with Crippen molar-refractivity contribution in [2.75, 3.05) is 6.54 Å². The Balaban J connectivity index is 2.31. The number of hydrogen-bond acceptors (Lipinski definition) is 5. The zero-order valence-corrected chi connectivity index (χ0v) is 18.5. The van der Waals surface area contributed by atoms with Crippen LogP contribution < -0.4 is 10.6 Å². The fourth-order valence-corrected chi connectivity index (χ4v) is 3.60. The summed E-state index contributed by atoms with van der Waals surface area (Å²) in [6, 6.07) is 7.11. The van der Waals surface area contributed by atoms with E-state index >= 15 is 0 Å². The maximum atomic E-state index is 13.1. The van der Waals surface area contributed by atoms with E-state index in [1.165, 1.54) is 6.92 Å². The Morgan fingerprint density at radius 2 is 1.87 bits per heavy atom. The number of carbonyl (C=O) groups is 4. The molecular formula is C23H33N3O5. The highest BCUT2D eigenvalue weighted by atomic mass is 16.3. The van der Waals surface area contributed by atoms with Crippen molar-refractivity contribution in [1.82, 2.24) is 15.5 Å². The monoisotopic (exact) mass is 431 g/mol. The molecule has 1 saturated heterocycles. The number of aliphatic hydroxyl groups excluding tert-OH is 1. The predicted molar refractivity (Wildman–Crippen MR) is 116 cm³/mol. The minimum Gasteiger partial charge on any atom is -0.392 e. The van der Waals surface area contributed by atoms with Crippen LogP contribution in [0.25, 0.3) is 0 Å². The van der Waals surface area contributed by atoms with Gasteiger partial charge < -0.3 is 15.7 Å². The molecule has 0 saturated carbocycles. The highest BCUT2D eigenvalue weighted by molar-refractivity contribution is 6.04. The minimum absolute atomic E-state index is 0.113. The molecule has 1 aliphatic rings. The van der Waals surface area contributed by atoms with Gasteiger partial charge in [-0.2, -0.15) is 0 Å². The maximum absolute atomic E-state index is 13.1. The number of rotatable bonds is 8. The molecule has 170 valence electrons. The van der Waals surface area contributed by atoms with Crippen molar-refractivity contribution >= 4 is 23.6 Å². The zero-order valence-electron chi connectivity index (χ0n) is 18.5. The van der Waals surface area contributed by atoms with E-state index in [4.69, 9.17) is 0 Å². The number of nitrogens with zero attached hydrogens (tertiary/aromatic N) is 1. The molecule has 1 heterocycles. The third-order valence-electron chi connectivity index (χ3n) is 5.64. The van der Waals surface area contributed by atoms with Crippen molar-refractivity contribution in [3.8, 4) is 0 Å². The van der Waals surface area contributed by atoms with Crippen molar-refractivity contribution in [2.24, 2.45) is 5.92 Å². The van der Waals surface area contributed by atoms with E-state index in [1.807, 2.05) is 44.2 Å². The van der Waals surface area contributed by atoms with Gasteiger partial charge in [-0.25, -0.2) is 0 Å². The van der Waals surface area contributed by atoms with Gasteiger partial charge in [-0.1, -0.05) is 57.0 Å². The predicted octanol–water partition coefficient (Wildman–Crippen LogP) is 1.16. The molecular weight excluding hydrogens is 398 g/mol. The Morgan fingerprint density at radius 1 is 1.19 bits per heavy atom. The van der Waals surface area contributed by atoms with Crippen LogP contribution in [0.3, 0.4) is 0 Å². The summed E-state index contributed by atoms with van der Waals surface area (Å²) >= 11 is 0. The third-order valence-corrected chi connectivity index (χ3v) is 5.64. The molecule has 4 amide bonds. The normalized spacial score (nSPS) is 21.9. The fraction of sp³-hybridized carbons (Fsp3) is 0.565. The summed E-state index contributed by atoms with van der Waals surface area (Å²) in [6.45, 7) is 5.04. The molecule has 0 aromatic heterocycles. The maximum Gasteiger partial charge on any atom is 0.249 e. The quantitative estimate of drug-likeness (QED) is 0.571. The first-order valence-corrected chi connectivity index (χ1v) is 10.9. The molecule has 0 spiro atoms. The lowest BCUT2D eigenvalue weighted by Crippen LogP contribution is -2.55. The Kier molecular flexibility index (Phi) is 9.18. The highest BCUT2D eigenvalue weighted by Gasteiger charge is 2.38. The topological polar surface area (TPSA) is 116 Å². The molecule has 4 atom stereocenters. The SMILES string of the molecule is CCCC[C@H](C)[C@@H](O)CC(=O)N1C(=O)CNC(=O)[C@@H](C)NC(=O)[C@H]1Cc1ccccc1. The Labute approximate surface area is 183 Å². The number of hydrogen-bond donors (Lipinski definition) is 3. The van der Waals surface area contributed by atoms with Crippen LogP contribution in [-0.4, -0.2) is 58.4 Å². The van der Waals surface area contributed by atoms with Crippen LogP contribution in [0.4, 0.5) is 0 Å². The lowest BCUT2D eigenvalue weighted by atomic mass is 9.95. The van der Waals surface area contributed by atoms with E-state index < -0.39 is 48.4 Å². The highest BCUT2D eigenvalue weighted by Crippen LogP contribution is 2.19. The van der Waals surface area contributed by atoms with E-state index in [1.54, 1.807) is 0 Å². The van der Waals surface area contributed by atoms with Crippen molar-refractivity contribution in [1.29, 1.82) is 0 Å². The lowest BCUT2D eigenvalue weighted by molar-refractivity contribution is -0.153. The molecule has 1 aromatic carbocycles. The van der Waals surface area contributed by atoms with Gasteiger partial charge in [-0.3, -0.25) is 24.1 Å². The van der Waals surface area contributed by atoms with Gasteiger partial charge >= 0.3 is 0 Å². The second-order valence-corrected chi connectivity index (χ2v) is 8.20. The summed E-state index contributed by atoms with van der Waals surface area (Å²) in [7, 11) is 0. The summed E-state index contributed by atoms with van der Waals surface area (Å²) in [4.78, 5) is 52.1. The van der Waals surface area contributed by atoms with Crippen LogP contribution in [0.1, 0.15) is 52.0 Å². The van der Waals surface area contributed by atoms with Gasteiger partial charge in [0.1, 0.15) is 12.1 Å². The average molecular weight is 432 g/mol. The van der Waals surface area contributed by atoms with Gasteiger partial charge in [0.25, 0.3) is 0 Å². The van der Waals surface area contributed by atoms with Crippen molar-refractivity contribution in [3.05, 3.63) is 35.9 Å². The first kappa shape index (κ1) is 24.5. The van der Waals surface area contributed by atoms with E-state index in [9.17, 15) is 24.3 Å². The van der Waals surface area contributed by atoms with Crippen LogP contribution in [-0.2, 0) is 25.6 Å². The molecule has 0 aliphatic carbocycles. The molecule has 31 heavy (non-hydrogen) atoms. The molecule has 8 nitrogen and oxygen atoms in total. The lowest BCUT2D eigenvalue weighted by Gasteiger charge is -2.30. The second kappa shape index (κ2) is 11.6. The smallest absolute Gasteiger partial charge is 0.249 e. The number of aliphatic hydroxyl groups is 1. The van der Waals surface area contributed by atoms with Gasteiger partial charge in [-0.15, -0.1) is 0 Å². The fourth-order valence-electron chi connectivity index (χ4n) is 3.60. The zero-order chi connectivity index (χ0) is 23.0. The van der Waals surface area contributed by atoms with Gasteiger partial charge in [0.2, 0.25) is 23.6 Å². The Hall–Kier alpha value is -2.74. The summed E-state index contributed by atoms with van der Waals surface area (Å²) in [5.74, 6) is -2.48. The standard InChI is InChI=1S/C23H33N3O5/c1-4-5-9-15(2)19(27)13-20(28)26-18(12-17-10-7-6-8-11-17)23(31)25-16(3)22(30)24-14-21(26)29/h6-8,10-11,15-16,18-19,27H,4-5,9,12-14H2,1-3H3,(H,24,30)(H,25,31)/t15-,16+,18+,19-/m0/s1. The molecule has 0 radical (unpaired) electrons. The Bertz CT molecular complexity index is 783. The first-order chi connectivity index (χ1) is 14.7. The minimum atomic E-state index is -1.12. The average Bonchev–Trinajstić information content (AvgIpc) is 2.78. The molecule has 3 N–H and O–H groups in total. The Morgan fingerprint density at radius 3 is 2.52 bits per heavy atom. The van der Waals surface area contributed by atoms with Gasteiger partial charge in [0.05, 0.1) is 19.1 Å². The second-order valence-electron chi connectivity index (χ2n) is 8.20. The van der Waals surface area contributed by atoms with Crippen LogP contribution in [0.2, 0.25) is 0 Å². The molecule has 8 heteroatoms. The summed E-state index contributed by atoms with van der Waals surface area (Å²) in [6.07, 6.45) is 1.60. The summed E-state index contributed by atoms with van der Waals surface area (Å²) in [5.41, 5.74) is 0.774. The van der Waals surface area contributed by atoms with Crippen LogP contribution in [0.15, 0.2) is 30.3 Å². The number of amides is 4. The largest absolute Gasteiger partial charge is 0.392 e. The summed E-state index contributed by atoms with van der Waals surface area (Å²) < 4.78 is 0. The van der Waals surface area contributed by atoms with E-state index in [0.29, 0.717) is 0 Å². The number of nitrogens with one attached hydrogen (secondary N) is 2. The molecule has 1 fully saturated rings. The van der Waals surface area contributed by atoms with Crippen LogP contribution >= 0.6 is 0 Å². The molecule has 0 unspecified atom stereocenters. The molecule has 0 bridgehead atoms. The molecule has 1 aromatic rings.